The Morgan fingerprint density at radius 1 is 1.29 bits per heavy atom. The van der Waals surface area contributed by atoms with Crippen molar-refractivity contribution in [2.24, 2.45) is 0 Å². The van der Waals surface area contributed by atoms with Crippen molar-refractivity contribution in [2.45, 2.75) is 16.8 Å². The normalized spacial score (nSPS) is 28.2. The van der Waals surface area contributed by atoms with Gasteiger partial charge in [0, 0.05) is 22.9 Å². The van der Waals surface area contributed by atoms with Crippen LogP contribution in [0.4, 0.5) is 0 Å². The molecule has 76 valence electrons. The van der Waals surface area contributed by atoms with Gasteiger partial charge < -0.3 is 4.90 Å². The van der Waals surface area contributed by atoms with Gasteiger partial charge in [-0.25, -0.2) is 0 Å². The Balaban J connectivity index is 2.27. The molecule has 0 amide bonds. The maximum absolute atomic E-state index is 2.59. The SMILES string of the molecule is Cc1ccccc1[C@@H]1CN(C)C[C@H]1I. The minimum Gasteiger partial charge on any atom is -0.305 e. The van der Waals surface area contributed by atoms with Crippen LogP contribution in [0.15, 0.2) is 24.3 Å². The van der Waals surface area contributed by atoms with Crippen molar-refractivity contribution >= 4 is 22.6 Å². The Bertz CT molecular complexity index is 324. The highest BCUT2D eigenvalue weighted by Crippen LogP contribution is 2.33. The monoisotopic (exact) mass is 301 g/mol. The molecule has 2 heteroatoms. The molecule has 0 aliphatic carbocycles. The molecule has 1 saturated heterocycles. The fraction of sp³-hybridized carbons (Fsp3) is 0.500. The molecule has 0 radical (unpaired) electrons. The molecular weight excluding hydrogens is 285 g/mol. The lowest BCUT2D eigenvalue weighted by atomic mass is 9.94. The van der Waals surface area contributed by atoms with Crippen molar-refractivity contribution in [1.29, 1.82) is 0 Å². The van der Waals surface area contributed by atoms with Crippen LogP contribution in [-0.4, -0.2) is 29.0 Å². The van der Waals surface area contributed by atoms with Crippen LogP contribution < -0.4 is 0 Å². The average molecular weight is 301 g/mol. The highest BCUT2D eigenvalue weighted by Gasteiger charge is 2.30. The summed E-state index contributed by atoms with van der Waals surface area (Å²) in [5, 5.41) is 0. The van der Waals surface area contributed by atoms with E-state index in [9.17, 15) is 0 Å². The first kappa shape index (κ1) is 10.4. The second kappa shape index (κ2) is 4.19. The molecule has 1 aromatic carbocycles. The number of aryl methyl sites for hydroxylation is 1. The molecule has 0 N–H and O–H groups in total. The molecule has 1 heterocycles. The summed E-state index contributed by atoms with van der Waals surface area (Å²) in [4.78, 5) is 2.42. The highest BCUT2D eigenvalue weighted by atomic mass is 127. The fourth-order valence-corrected chi connectivity index (χ4v) is 3.53. The molecule has 0 saturated carbocycles. The molecule has 0 aromatic heterocycles. The second-order valence-corrected chi connectivity index (χ2v) is 5.80. The van der Waals surface area contributed by atoms with Crippen LogP contribution in [0.5, 0.6) is 0 Å². The van der Waals surface area contributed by atoms with Crippen LogP contribution in [0, 0.1) is 6.92 Å². The number of benzene rings is 1. The van der Waals surface area contributed by atoms with Gasteiger partial charge in [-0.1, -0.05) is 46.9 Å². The van der Waals surface area contributed by atoms with Crippen molar-refractivity contribution in [3.05, 3.63) is 35.4 Å². The first-order valence-corrected chi connectivity index (χ1v) is 6.31. The molecular formula is C12H16IN. The number of halogens is 1. The van der Waals surface area contributed by atoms with E-state index in [2.05, 4.69) is 65.7 Å². The Kier molecular flexibility index (Phi) is 3.12. The van der Waals surface area contributed by atoms with Crippen molar-refractivity contribution in [1.82, 2.24) is 4.90 Å². The van der Waals surface area contributed by atoms with Crippen LogP contribution in [-0.2, 0) is 0 Å². The van der Waals surface area contributed by atoms with E-state index in [0.717, 1.165) is 9.84 Å². The topological polar surface area (TPSA) is 3.24 Å². The van der Waals surface area contributed by atoms with Gasteiger partial charge in [-0.3, -0.25) is 0 Å². The quantitative estimate of drug-likeness (QED) is 0.569. The third-order valence-electron chi connectivity index (χ3n) is 3.02. The number of likely N-dealkylation sites (N-methyl/N-ethyl adjacent to an activating group) is 1. The summed E-state index contributed by atoms with van der Waals surface area (Å²) in [5.41, 5.74) is 2.98. The van der Waals surface area contributed by atoms with Gasteiger partial charge in [0.05, 0.1) is 0 Å². The third kappa shape index (κ3) is 1.96. The summed E-state index contributed by atoms with van der Waals surface area (Å²) >= 11 is 2.59. The van der Waals surface area contributed by atoms with E-state index in [1.165, 1.54) is 24.2 Å². The minimum atomic E-state index is 0.724. The Hall–Kier alpha value is -0.0900. The number of rotatable bonds is 1. The molecule has 1 aliphatic heterocycles. The lowest BCUT2D eigenvalue weighted by molar-refractivity contribution is 0.412. The fourth-order valence-electron chi connectivity index (χ4n) is 2.25. The lowest BCUT2D eigenvalue weighted by Crippen LogP contribution is -2.13. The summed E-state index contributed by atoms with van der Waals surface area (Å²) in [6, 6.07) is 8.78. The van der Waals surface area contributed by atoms with Gasteiger partial charge >= 0.3 is 0 Å². The molecule has 0 unspecified atom stereocenters. The summed E-state index contributed by atoms with van der Waals surface area (Å²) in [7, 11) is 2.21. The predicted molar refractivity (Wildman–Crippen MR) is 69.2 cm³/mol. The van der Waals surface area contributed by atoms with E-state index in [-0.39, 0.29) is 0 Å². The largest absolute Gasteiger partial charge is 0.305 e. The van der Waals surface area contributed by atoms with Gasteiger partial charge in [0.1, 0.15) is 0 Å². The van der Waals surface area contributed by atoms with Gasteiger partial charge in [-0.05, 0) is 25.1 Å². The summed E-state index contributed by atoms with van der Waals surface area (Å²) in [6.07, 6.45) is 0. The Labute approximate surface area is 99.6 Å². The number of hydrogen-bond acceptors (Lipinski definition) is 1. The smallest absolute Gasteiger partial charge is 0.0318 e. The van der Waals surface area contributed by atoms with E-state index < -0.39 is 0 Å². The van der Waals surface area contributed by atoms with Crippen LogP contribution in [0.3, 0.4) is 0 Å². The van der Waals surface area contributed by atoms with Gasteiger partial charge in [0.25, 0.3) is 0 Å². The standard InChI is InChI=1S/C12H16IN/c1-9-5-3-4-6-10(9)11-7-14(2)8-12(11)13/h3-6,11-12H,7-8H2,1-2H3/t11-,12+/m0/s1. The molecule has 1 nitrogen and oxygen atoms in total. The molecule has 0 bridgehead atoms. The highest BCUT2D eigenvalue weighted by molar-refractivity contribution is 14.1. The van der Waals surface area contributed by atoms with E-state index >= 15 is 0 Å². The van der Waals surface area contributed by atoms with Crippen molar-refractivity contribution in [2.75, 3.05) is 20.1 Å². The molecule has 2 atom stereocenters. The first-order chi connectivity index (χ1) is 6.68. The molecule has 1 fully saturated rings. The molecule has 1 aromatic rings. The van der Waals surface area contributed by atoms with E-state index in [4.69, 9.17) is 0 Å². The van der Waals surface area contributed by atoms with E-state index in [1.54, 1.807) is 0 Å². The number of nitrogens with zero attached hydrogens (tertiary/aromatic N) is 1. The summed E-state index contributed by atoms with van der Waals surface area (Å²) < 4.78 is 0.763. The molecule has 14 heavy (non-hydrogen) atoms. The zero-order chi connectivity index (χ0) is 10.1. The van der Waals surface area contributed by atoms with Gasteiger partial charge in [-0.2, -0.15) is 0 Å². The van der Waals surface area contributed by atoms with E-state index in [1.807, 2.05) is 0 Å². The summed E-state index contributed by atoms with van der Waals surface area (Å²) in [6.45, 7) is 4.65. The van der Waals surface area contributed by atoms with Gasteiger partial charge in [-0.15, -0.1) is 0 Å². The van der Waals surface area contributed by atoms with Crippen LogP contribution in [0.1, 0.15) is 17.0 Å². The maximum atomic E-state index is 2.59. The van der Waals surface area contributed by atoms with Gasteiger partial charge in [0.15, 0.2) is 0 Å². The zero-order valence-electron chi connectivity index (χ0n) is 8.70. The number of likely N-dealkylation sites (tertiary alicyclic amines) is 1. The lowest BCUT2D eigenvalue weighted by Gasteiger charge is -2.16. The molecule has 1 aliphatic rings. The van der Waals surface area contributed by atoms with Crippen LogP contribution in [0.2, 0.25) is 0 Å². The zero-order valence-corrected chi connectivity index (χ0v) is 10.9. The van der Waals surface area contributed by atoms with Crippen LogP contribution >= 0.6 is 22.6 Å². The minimum absolute atomic E-state index is 0.724. The van der Waals surface area contributed by atoms with E-state index in [0.29, 0.717) is 0 Å². The van der Waals surface area contributed by atoms with Crippen molar-refractivity contribution in [3.63, 3.8) is 0 Å². The predicted octanol–water partition coefficient (Wildman–Crippen LogP) is 2.83. The second-order valence-electron chi connectivity index (χ2n) is 4.20. The van der Waals surface area contributed by atoms with Crippen molar-refractivity contribution in [3.8, 4) is 0 Å². The summed E-state index contributed by atoms with van der Waals surface area (Å²) in [5.74, 6) is 0.724. The maximum Gasteiger partial charge on any atom is 0.0318 e. The average Bonchev–Trinajstić information content (AvgIpc) is 2.46. The first-order valence-electron chi connectivity index (χ1n) is 5.06. The third-order valence-corrected chi connectivity index (χ3v) is 4.28. The number of alkyl halides is 1. The number of hydrogen-bond donors (Lipinski definition) is 0. The molecule has 2 rings (SSSR count). The molecule has 0 spiro atoms. The van der Waals surface area contributed by atoms with Crippen molar-refractivity contribution < 1.29 is 0 Å². The Morgan fingerprint density at radius 3 is 2.57 bits per heavy atom. The van der Waals surface area contributed by atoms with Crippen LogP contribution in [0.25, 0.3) is 0 Å². The Morgan fingerprint density at radius 2 is 2.00 bits per heavy atom. The van der Waals surface area contributed by atoms with Gasteiger partial charge in [0.2, 0.25) is 0 Å².